The van der Waals surface area contributed by atoms with Crippen LogP contribution in [0.25, 0.3) is 0 Å². The maximum Gasteiger partial charge on any atom is 0.534 e. The molecule has 0 saturated heterocycles. The summed E-state index contributed by atoms with van der Waals surface area (Å²) in [6.07, 6.45) is 2.23. The van der Waals surface area contributed by atoms with E-state index < -0.39 is 21.5 Å². The molecular formula is C5H6F3N2O3S+. The molecule has 0 aromatic carbocycles. The minimum atomic E-state index is -5.58. The van der Waals surface area contributed by atoms with Crippen LogP contribution in [0.5, 0.6) is 5.88 Å². The number of H-pyrrole nitrogens is 1. The van der Waals surface area contributed by atoms with Gasteiger partial charge in [-0.1, -0.05) is 0 Å². The molecule has 5 nitrogen and oxygen atoms in total. The molecule has 1 heterocycles. The van der Waals surface area contributed by atoms with Crippen LogP contribution in [0, 0.1) is 0 Å². The van der Waals surface area contributed by atoms with E-state index in [9.17, 15) is 21.6 Å². The van der Waals surface area contributed by atoms with Crippen LogP contribution >= 0.6 is 0 Å². The average Bonchev–Trinajstić information content (AvgIpc) is 2.33. The Morgan fingerprint density at radius 3 is 2.43 bits per heavy atom. The number of aromatic nitrogens is 2. The molecule has 0 aliphatic heterocycles. The Kier molecular flexibility index (Phi) is 2.44. The van der Waals surface area contributed by atoms with Crippen LogP contribution in [0.3, 0.4) is 0 Å². The molecule has 0 atom stereocenters. The van der Waals surface area contributed by atoms with Crippen molar-refractivity contribution in [3.63, 3.8) is 0 Å². The molecule has 0 aliphatic carbocycles. The number of halogens is 3. The van der Waals surface area contributed by atoms with Gasteiger partial charge in [-0.2, -0.15) is 21.6 Å². The summed E-state index contributed by atoms with van der Waals surface area (Å²) in [5.41, 5.74) is -5.42. The molecule has 1 aromatic heterocycles. The molecule has 0 bridgehead atoms. The van der Waals surface area contributed by atoms with Crippen LogP contribution in [-0.2, 0) is 17.2 Å². The number of nitrogens with one attached hydrogen (secondary N) is 1. The van der Waals surface area contributed by atoms with Gasteiger partial charge in [-0.05, 0) is 0 Å². The third-order valence-corrected chi connectivity index (χ3v) is 2.26. The zero-order chi connectivity index (χ0) is 11.0. The van der Waals surface area contributed by atoms with E-state index in [0.29, 0.717) is 0 Å². The molecular weight excluding hydrogens is 225 g/mol. The van der Waals surface area contributed by atoms with Crippen LogP contribution in [0.1, 0.15) is 0 Å². The maximum atomic E-state index is 11.8. The molecule has 14 heavy (non-hydrogen) atoms. The second kappa shape index (κ2) is 3.15. The predicted molar refractivity (Wildman–Crippen MR) is 37.6 cm³/mol. The summed E-state index contributed by atoms with van der Waals surface area (Å²) < 4.78 is 61.3. The molecule has 0 unspecified atom stereocenters. The highest BCUT2D eigenvalue weighted by Gasteiger charge is 2.49. The highest BCUT2D eigenvalue weighted by molar-refractivity contribution is 7.87. The maximum absolute atomic E-state index is 11.8. The number of aryl methyl sites for hydroxylation is 1. The van der Waals surface area contributed by atoms with Crippen molar-refractivity contribution < 1.29 is 30.3 Å². The van der Waals surface area contributed by atoms with Gasteiger partial charge in [0.25, 0.3) is 0 Å². The molecule has 0 aliphatic rings. The van der Waals surface area contributed by atoms with Gasteiger partial charge < -0.3 is 4.18 Å². The van der Waals surface area contributed by atoms with E-state index in [1.54, 1.807) is 0 Å². The number of nitrogens with zero attached hydrogens (tertiary/aromatic N) is 1. The fourth-order valence-electron chi connectivity index (χ4n) is 0.628. The second-order valence-corrected chi connectivity index (χ2v) is 3.91. The van der Waals surface area contributed by atoms with Crippen molar-refractivity contribution in [2.24, 2.45) is 7.05 Å². The van der Waals surface area contributed by atoms with Gasteiger partial charge in [0.05, 0.1) is 7.05 Å². The normalized spacial score (nSPS) is 12.9. The number of rotatable bonds is 2. The summed E-state index contributed by atoms with van der Waals surface area (Å²) in [6, 6.07) is 0. The molecule has 0 amide bonds. The zero-order valence-corrected chi connectivity index (χ0v) is 7.69. The van der Waals surface area contributed by atoms with E-state index in [2.05, 4.69) is 9.17 Å². The zero-order valence-electron chi connectivity index (χ0n) is 6.87. The van der Waals surface area contributed by atoms with E-state index in [1.165, 1.54) is 13.4 Å². The highest BCUT2D eigenvalue weighted by atomic mass is 32.2. The molecule has 9 heteroatoms. The summed E-state index contributed by atoms with van der Waals surface area (Å²) in [4.78, 5) is 2.38. The quantitative estimate of drug-likeness (QED) is 0.445. The summed E-state index contributed by atoms with van der Waals surface area (Å²) >= 11 is 0. The van der Waals surface area contributed by atoms with E-state index in [4.69, 9.17) is 0 Å². The summed E-state index contributed by atoms with van der Waals surface area (Å²) in [7, 11) is -4.25. The van der Waals surface area contributed by atoms with Gasteiger partial charge in [0.1, 0.15) is 0 Å². The number of aromatic amines is 1. The largest absolute Gasteiger partial charge is 0.534 e. The minimum Gasteiger partial charge on any atom is -0.332 e. The molecule has 0 radical (unpaired) electrons. The molecule has 1 N–H and O–H groups in total. The SMILES string of the molecule is C[n+]1c[nH]cc1OS(=O)(=O)C(F)(F)F. The Morgan fingerprint density at radius 2 is 2.07 bits per heavy atom. The Hall–Kier alpha value is -1.25. The second-order valence-electron chi connectivity index (χ2n) is 2.37. The summed E-state index contributed by atoms with van der Waals surface area (Å²) in [5.74, 6) is -0.442. The first-order chi connectivity index (χ1) is 6.24. The van der Waals surface area contributed by atoms with Crippen LogP contribution < -0.4 is 8.75 Å². The van der Waals surface area contributed by atoms with Crippen LogP contribution in [0.15, 0.2) is 12.5 Å². The monoisotopic (exact) mass is 231 g/mol. The lowest BCUT2D eigenvalue weighted by Crippen LogP contribution is -2.34. The van der Waals surface area contributed by atoms with Crippen LogP contribution in [0.2, 0.25) is 0 Å². The van der Waals surface area contributed by atoms with Crippen molar-refractivity contribution in [3.8, 4) is 5.88 Å². The van der Waals surface area contributed by atoms with Crippen molar-refractivity contribution in [3.05, 3.63) is 12.5 Å². The number of imidazole rings is 1. The molecule has 1 aromatic rings. The van der Waals surface area contributed by atoms with Crippen molar-refractivity contribution in [2.45, 2.75) is 5.51 Å². The van der Waals surface area contributed by atoms with Gasteiger partial charge in [-0.15, -0.1) is 0 Å². The third kappa shape index (κ3) is 1.97. The lowest BCUT2D eigenvalue weighted by Gasteiger charge is -2.06. The van der Waals surface area contributed by atoms with Crippen molar-refractivity contribution in [2.75, 3.05) is 0 Å². The number of hydrogen-bond donors (Lipinski definition) is 1. The first-order valence-electron chi connectivity index (χ1n) is 3.27. The van der Waals surface area contributed by atoms with E-state index in [-0.39, 0.29) is 0 Å². The highest BCUT2D eigenvalue weighted by Crippen LogP contribution is 2.25. The van der Waals surface area contributed by atoms with Gasteiger partial charge in [0.2, 0.25) is 6.33 Å². The summed E-state index contributed by atoms with van der Waals surface area (Å²) in [5, 5.41) is 0. The summed E-state index contributed by atoms with van der Waals surface area (Å²) in [6.45, 7) is 0. The number of alkyl halides is 3. The molecule has 80 valence electrons. The fourth-order valence-corrected chi connectivity index (χ4v) is 1.11. The van der Waals surface area contributed by atoms with Gasteiger partial charge in [-0.3, -0.25) is 0 Å². The van der Waals surface area contributed by atoms with Gasteiger partial charge in [0.15, 0.2) is 6.20 Å². The first kappa shape index (κ1) is 10.8. The smallest absolute Gasteiger partial charge is 0.332 e. The first-order valence-corrected chi connectivity index (χ1v) is 4.68. The topological polar surface area (TPSA) is 63.0 Å². The Bertz CT molecular complexity index is 422. The average molecular weight is 231 g/mol. The lowest BCUT2D eigenvalue weighted by molar-refractivity contribution is -0.673. The minimum absolute atomic E-state index is 0.442. The van der Waals surface area contributed by atoms with Crippen molar-refractivity contribution in [1.82, 2.24) is 4.98 Å². The van der Waals surface area contributed by atoms with Gasteiger partial charge >= 0.3 is 21.5 Å². The lowest BCUT2D eigenvalue weighted by atomic mass is 10.8. The molecule has 1 rings (SSSR count). The fraction of sp³-hybridized carbons (Fsp3) is 0.400. The van der Waals surface area contributed by atoms with E-state index in [0.717, 1.165) is 10.8 Å². The molecule has 0 saturated carbocycles. The van der Waals surface area contributed by atoms with Crippen molar-refractivity contribution in [1.29, 1.82) is 0 Å². The molecule has 0 spiro atoms. The molecule has 0 fully saturated rings. The van der Waals surface area contributed by atoms with Crippen molar-refractivity contribution >= 4 is 10.1 Å². The Balaban J connectivity index is 2.96. The van der Waals surface area contributed by atoms with Gasteiger partial charge in [-0.25, -0.2) is 9.55 Å². The van der Waals surface area contributed by atoms with E-state index >= 15 is 0 Å². The third-order valence-electron chi connectivity index (χ3n) is 1.30. The Morgan fingerprint density at radius 1 is 1.50 bits per heavy atom. The van der Waals surface area contributed by atoms with E-state index in [1.807, 2.05) is 0 Å². The number of hydrogen-bond acceptors (Lipinski definition) is 3. The van der Waals surface area contributed by atoms with Crippen LogP contribution in [-0.4, -0.2) is 18.9 Å². The van der Waals surface area contributed by atoms with Gasteiger partial charge in [0, 0.05) is 0 Å². The van der Waals surface area contributed by atoms with Crippen LogP contribution in [0.4, 0.5) is 13.2 Å². The Labute approximate surface area is 77.2 Å². The standard InChI is InChI=1S/C5H5F3N2O3S/c1-10-3-9-2-4(10)13-14(11,12)5(6,7)8/h2-3H,1H3/p+1. The predicted octanol–water partition coefficient (Wildman–Crippen LogP) is 0.0676.